The third kappa shape index (κ3) is 0.960. The Labute approximate surface area is 85.4 Å². The van der Waals surface area contributed by atoms with Gasteiger partial charge in [0.05, 0.1) is 4.88 Å². The number of hydrogen-bond donors (Lipinski definition) is 0. The van der Waals surface area contributed by atoms with Crippen LogP contribution in [0.1, 0.15) is 15.2 Å². The van der Waals surface area contributed by atoms with E-state index in [2.05, 4.69) is 16.8 Å². The number of carbonyl (C=O) groups excluding carboxylic acids is 1. The molecule has 1 aliphatic heterocycles. The monoisotopic (exact) mass is 202 g/mol. The van der Waals surface area contributed by atoms with Gasteiger partial charge in [-0.05, 0) is 12.1 Å². The van der Waals surface area contributed by atoms with Crippen LogP contribution in [0.5, 0.6) is 0 Å². The fourth-order valence-corrected chi connectivity index (χ4v) is 2.88. The molecule has 3 heteroatoms. The fraction of sp³-hybridized carbons (Fsp3) is 0.0909. The van der Waals surface area contributed by atoms with Gasteiger partial charge in [-0.1, -0.05) is 0 Å². The number of hydrogen-bond acceptors (Lipinski definition) is 2. The number of nitrogens with zero attached hydrogens (tertiary/aromatic N) is 1. The normalized spacial score (nSPS) is 12.3. The Balaban J connectivity index is 2.24. The SMILES string of the molecule is O=Cc1cc2c(s1)-c1cccc[n+]1C2. The summed E-state index contributed by atoms with van der Waals surface area (Å²) in [5.41, 5.74) is 2.49. The van der Waals surface area contributed by atoms with E-state index in [0.29, 0.717) is 0 Å². The lowest BCUT2D eigenvalue weighted by Gasteiger charge is -1.90. The molecule has 0 bridgehead atoms. The fourth-order valence-electron chi connectivity index (χ4n) is 1.85. The summed E-state index contributed by atoms with van der Waals surface area (Å²) >= 11 is 1.58. The van der Waals surface area contributed by atoms with Crippen LogP contribution in [0.3, 0.4) is 0 Å². The van der Waals surface area contributed by atoms with Crippen molar-refractivity contribution in [2.45, 2.75) is 6.54 Å². The van der Waals surface area contributed by atoms with E-state index in [9.17, 15) is 4.79 Å². The summed E-state index contributed by atoms with van der Waals surface area (Å²) in [6, 6.07) is 8.14. The second-order valence-electron chi connectivity index (χ2n) is 3.33. The number of rotatable bonds is 1. The highest BCUT2D eigenvalue weighted by atomic mass is 32.1. The summed E-state index contributed by atoms with van der Waals surface area (Å²) in [5, 5.41) is 0. The van der Waals surface area contributed by atoms with Crippen molar-refractivity contribution in [2.75, 3.05) is 0 Å². The molecule has 2 aromatic rings. The third-order valence-electron chi connectivity index (χ3n) is 2.46. The van der Waals surface area contributed by atoms with Crippen LogP contribution in [0.15, 0.2) is 30.5 Å². The highest BCUT2D eigenvalue weighted by Crippen LogP contribution is 2.33. The van der Waals surface area contributed by atoms with E-state index in [0.717, 1.165) is 17.7 Å². The maximum absolute atomic E-state index is 10.6. The molecule has 0 saturated heterocycles. The molecule has 0 saturated carbocycles. The van der Waals surface area contributed by atoms with Crippen molar-refractivity contribution in [2.24, 2.45) is 0 Å². The van der Waals surface area contributed by atoms with E-state index in [1.807, 2.05) is 18.2 Å². The van der Waals surface area contributed by atoms with E-state index in [4.69, 9.17) is 0 Å². The molecule has 0 N–H and O–H groups in total. The molecular weight excluding hydrogens is 194 g/mol. The molecule has 3 heterocycles. The molecule has 0 aliphatic carbocycles. The zero-order valence-electron chi connectivity index (χ0n) is 7.43. The van der Waals surface area contributed by atoms with Crippen LogP contribution in [0.25, 0.3) is 10.6 Å². The Morgan fingerprint density at radius 2 is 2.36 bits per heavy atom. The quantitative estimate of drug-likeness (QED) is 0.436. The maximum atomic E-state index is 10.6. The van der Waals surface area contributed by atoms with Gasteiger partial charge in [0.15, 0.2) is 19.0 Å². The highest BCUT2D eigenvalue weighted by molar-refractivity contribution is 7.17. The standard InChI is InChI=1S/C11H8NOS/c13-7-9-5-8-6-12-4-2-1-3-10(12)11(8)14-9/h1-5,7H,6H2/q+1. The second kappa shape index (κ2) is 2.75. The maximum Gasteiger partial charge on any atom is 0.223 e. The number of aromatic nitrogens is 1. The number of fused-ring (bicyclic) bond motifs is 3. The van der Waals surface area contributed by atoms with E-state index < -0.39 is 0 Å². The third-order valence-corrected chi connectivity index (χ3v) is 3.58. The Hall–Kier alpha value is -1.48. The molecule has 0 spiro atoms. The van der Waals surface area contributed by atoms with Gasteiger partial charge in [-0.3, -0.25) is 4.79 Å². The largest absolute Gasteiger partial charge is 0.297 e. The lowest BCUT2D eigenvalue weighted by molar-refractivity contribution is -0.672. The highest BCUT2D eigenvalue weighted by Gasteiger charge is 2.27. The summed E-state index contributed by atoms with van der Waals surface area (Å²) in [7, 11) is 0. The van der Waals surface area contributed by atoms with Gasteiger partial charge >= 0.3 is 0 Å². The molecule has 0 unspecified atom stereocenters. The average molecular weight is 202 g/mol. The summed E-state index contributed by atoms with van der Waals surface area (Å²) in [6.07, 6.45) is 3.00. The number of thiophene rings is 1. The van der Waals surface area contributed by atoms with Crippen molar-refractivity contribution in [1.29, 1.82) is 0 Å². The lowest BCUT2D eigenvalue weighted by atomic mass is 10.2. The van der Waals surface area contributed by atoms with Crippen molar-refractivity contribution in [1.82, 2.24) is 0 Å². The average Bonchev–Trinajstić information content (AvgIpc) is 2.73. The molecule has 2 nitrogen and oxygen atoms in total. The molecule has 3 rings (SSSR count). The van der Waals surface area contributed by atoms with Crippen LogP contribution >= 0.6 is 11.3 Å². The van der Waals surface area contributed by atoms with Crippen molar-refractivity contribution >= 4 is 17.6 Å². The van der Waals surface area contributed by atoms with Crippen molar-refractivity contribution < 1.29 is 9.36 Å². The van der Waals surface area contributed by atoms with Crippen LogP contribution < -0.4 is 4.57 Å². The smallest absolute Gasteiger partial charge is 0.223 e. The van der Waals surface area contributed by atoms with Gasteiger partial charge in [-0.25, -0.2) is 0 Å². The summed E-state index contributed by atoms with van der Waals surface area (Å²) < 4.78 is 2.20. The van der Waals surface area contributed by atoms with E-state index in [1.165, 1.54) is 16.1 Å². The van der Waals surface area contributed by atoms with Crippen LogP contribution in [0, 0.1) is 0 Å². The van der Waals surface area contributed by atoms with Gasteiger partial charge in [0.2, 0.25) is 5.69 Å². The Morgan fingerprint density at radius 3 is 3.21 bits per heavy atom. The topological polar surface area (TPSA) is 20.9 Å². The molecule has 68 valence electrons. The molecule has 0 fully saturated rings. The van der Waals surface area contributed by atoms with Crippen molar-refractivity contribution in [3.63, 3.8) is 0 Å². The molecule has 14 heavy (non-hydrogen) atoms. The Kier molecular flexibility index (Phi) is 1.55. The summed E-state index contributed by atoms with van der Waals surface area (Å²) in [4.78, 5) is 12.7. The van der Waals surface area contributed by atoms with Crippen LogP contribution in [0.4, 0.5) is 0 Å². The molecular formula is C11H8NOS+. The van der Waals surface area contributed by atoms with E-state index in [1.54, 1.807) is 11.3 Å². The van der Waals surface area contributed by atoms with Crippen LogP contribution in [0.2, 0.25) is 0 Å². The van der Waals surface area contributed by atoms with Crippen molar-refractivity contribution in [3.05, 3.63) is 40.9 Å². The van der Waals surface area contributed by atoms with E-state index >= 15 is 0 Å². The molecule has 0 aromatic carbocycles. The number of carbonyl (C=O) groups is 1. The lowest BCUT2D eigenvalue weighted by Crippen LogP contribution is -2.31. The van der Waals surface area contributed by atoms with Gasteiger partial charge in [-0.2, -0.15) is 4.57 Å². The zero-order valence-corrected chi connectivity index (χ0v) is 8.25. The number of pyridine rings is 1. The molecule has 0 amide bonds. The zero-order chi connectivity index (χ0) is 9.54. The van der Waals surface area contributed by atoms with Crippen molar-refractivity contribution in [3.8, 4) is 10.6 Å². The number of aldehydes is 1. The first-order valence-electron chi connectivity index (χ1n) is 4.45. The minimum atomic E-state index is 0.824. The molecule has 0 atom stereocenters. The molecule has 1 aliphatic rings. The first-order valence-corrected chi connectivity index (χ1v) is 5.27. The van der Waals surface area contributed by atoms with Gasteiger partial charge in [0.25, 0.3) is 0 Å². The first-order chi connectivity index (χ1) is 6.88. The Bertz CT molecular complexity index is 516. The summed E-state index contributed by atoms with van der Waals surface area (Å²) in [6.45, 7) is 0.899. The molecule has 2 aromatic heterocycles. The van der Waals surface area contributed by atoms with Gasteiger partial charge in [0, 0.05) is 17.7 Å². The van der Waals surface area contributed by atoms with Gasteiger partial charge < -0.3 is 0 Å². The first kappa shape index (κ1) is 7.88. The minimum absolute atomic E-state index is 0.824. The van der Waals surface area contributed by atoms with Crippen LogP contribution in [-0.2, 0) is 6.54 Å². The van der Waals surface area contributed by atoms with Gasteiger partial charge in [0.1, 0.15) is 4.88 Å². The van der Waals surface area contributed by atoms with E-state index in [-0.39, 0.29) is 0 Å². The Morgan fingerprint density at radius 1 is 1.43 bits per heavy atom. The minimum Gasteiger partial charge on any atom is -0.297 e. The predicted octanol–water partition coefficient (Wildman–Crippen LogP) is 1.88. The second-order valence-corrected chi connectivity index (χ2v) is 4.42. The molecule has 0 radical (unpaired) electrons. The van der Waals surface area contributed by atoms with Crippen LogP contribution in [-0.4, -0.2) is 6.29 Å². The summed E-state index contributed by atoms with van der Waals surface area (Å²) in [5.74, 6) is 0. The predicted molar refractivity (Wildman–Crippen MR) is 54.4 cm³/mol. The van der Waals surface area contributed by atoms with Gasteiger partial charge in [-0.15, -0.1) is 11.3 Å².